The highest BCUT2D eigenvalue weighted by Gasteiger charge is 2.42. The fourth-order valence-electron chi connectivity index (χ4n) is 1.45. The molecule has 1 fully saturated rings. The summed E-state index contributed by atoms with van der Waals surface area (Å²) in [6.45, 7) is 2.89. The zero-order valence-corrected chi connectivity index (χ0v) is 9.37. The van der Waals surface area contributed by atoms with Gasteiger partial charge in [-0.05, 0) is 0 Å². The van der Waals surface area contributed by atoms with Gasteiger partial charge in [-0.1, -0.05) is 13.8 Å². The van der Waals surface area contributed by atoms with Crippen molar-refractivity contribution in [2.24, 2.45) is 5.92 Å². The second-order valence-corrected chi connectivity index (χ2v) is 4.16. The molecule has 1 aliphatic rings. The van der Waals surface area contributed by atoms with Crippen molar-refractivity contribution < 1.29 is 29.6 Å². The van der Waals surface area contributed by atoms with Gasteiger partial charge in [0.2, 0.25) is 0 Å². The number of ether oxygens (including phenoxy) is 2. The lowest BCUT2D eigenvalue weighted by Gasteiger charge is -2.15. The van der Waals surface area contributed by atoms with E-state index in [1.54, 1.807) is 13.8 Å². The second-order valence-electron chi connectivity index (χ2n) is 4.16. The summed E-state index contributed by atoms with van der Waals surface area (Å²) < 4.78 is 10.0. The Morgan fingerprint density at radius 2 is 1.88 bits per heavy atom. The Bertz CT molecular complexity index is 241. The number of esters is 1. The summed E-state index contributed by atoms with van der Waals surface area (Å²) in [7, 11) is 0. The Hall–Kier alpha value is -0.690. The topological polar surface area (TPSA) is 96.2 Å². The van der Waals surface area contributed by atoms with Crippen molar-refractivity contribution in [3.8, 4) is 0 Å². The highest BCUT2D eigenvalue weighted by Crippen LogP contribution is 2.21. The number of hydrogen-bond donors (Lipinski definition) is 3. The van der Waals surface area contributed by atoms with Gasteiger partial charge in [0.05, 0.1) is 12.5 Å². The zero-order valence-electron chi connectivity index (χ0n) is 9.37. The van der Waals surface area contributed by atoms with Crippen molar-refractivity contribution in [1.29, 1.82) is 0 Å². The minimum atomic E-state index is -1.15. The van der Waals surface area contributed by atoms with Gasteiger partial charge in [0, 0.05) is 0 Å². The molecule has 16 heavy (non-hydrogen) atoms. The molecule has 0 aromatic carbocycles. The minimum Gasteiger partial charge on any atom is -0.463 e. The number of hydrogen-bond acceptors (Lipinski definition) is 6. The smallest absolute Gasteiger partial charge is 0.308 e. The first-order chi connectivity index (χ1) is 7.47. The van der Waals surface area contributed by atoms with Gasteiger partial charge >= 0.3 is 5.97 Å². The van der Waals surface area contributed by atoms with Crippen LogP contribution in [0.4, 0.5) is 0 Å². The molecule has 0 bridgehead atoms. The fraction of sp³-hybridized carbons (Fsp3) is 0.900. The molecular formula is C10H18O6. The van der Waals surface area contributed by atoms with Gasteiger partial charge < -0.3 is 24.8 Å². The Morgan fingerprint density at radius 1 is 1.31 bits per heavy atom. The van der Waals surface area contributed by atoms with E-state index < -0.39 is 30.4 Å². The lowest BCUT2D eigenvalue weighted by Crippen LogP contribution is -2.35. The first kappa shape index (κ1) is 13.4. The molecule has 1 saturated heterocycles. The van der Waals surface area contributed by atoms with Crippen LogP contribution in [0.3, 0.4) is 0 Å². The molecular weight excluding hydrogens is 216 g/mol. The van der Waals surface area contributed by atoms with Crippen molar-refractivity contribution in [3.05, 3.63) is 0 Å². The summed E-state index contributed by atoms with van der Waals surface area (Å²) in [6.07, 6.45) is -3.89. The molecule has 0 spiro atoms. The van der Waals surface area contributed by atoms with Crippen LogP contribution in [0.2, 0.25) is 0 Å². The minimum absolute atomic E-state index is 0.119. The van der Waals surface area contributed by atoms with Crippen LogP contribution in [-0.2, 0) is 14.3 Å². The molecule has 4 atom stereocenters. The second kappa shape index (κ2) is 5.58. The molecule has 3 N–H and O–H groups in total. The third-order valence-corrected chi connectivity index (χ3v) is 2.50. The van der Waals surface area contributed by atoms with E-state index in [2.05, 4.69) is 0 Å². The number of carbonyl (C=O) groups is 1. The van der Waals surface area contributed by atoms with Crippen LogP contribution in [0.1, 0.15) is 13.8 Å². The SMILES string of the molecule is CC(C)C(=O)OC[C@@H]1O[C@H](CO)[C@@H](O)[C@@H]1O. The van der Waals surface area contributed by atoms with Crippen LogP contribution in [-0.4, -0.2) is 58.9 Å². The summed E-state index contributed by atoms with van der Waals surface area (Å²) in [5, 5.41) is 27.8. The number of rotatable bonds is 4. The quantitative estimate of drug-likeness (QED) is 0.521. The molecule has 1 heterocycles. The van der Waals surface area contributed by atoms with Crippen molar-refractivity contribution in [2.75, 3.05) is 13.2 Å². The van der Waals surface area contributed by atoms with Gasteiger partial charge in [0.25, 0.3) is 0 Å². The number of carbonyl (C=O) groups excluding carboxylic acids is 1. The number of aliphatic hydroxyl groups is 3. The maximum Gasteiger partial charge on any atom is 0.308 e. The molecule has 1 aliphatic heterocycles. The maximum atomic E-state index is 11.2. The van der Waals surface area contributed by atoms with Crippen LogP contribution in [0, 0.1) is 5.92 Å². The van der Waals surface area contributed by atoms with E-state index in [1.165, 1.54) is 0 Å². The highest BCUT2D eigenvalue weighted by molar-refractivity contribution is 5.71. The standard InChI is InChI=1S/C10H18O6/c1-5(2)10(14)15-4-7-9(13)8(12)6(3-11)16-7/h5-9,11-13H,3-4H2,1-2H3/t6-,7+,8-,9-/m1/s1. The van der Waals surface area contributed by atoms with E-state index in [-0.39, 0.29) is 19.1 Å². The van der Waals surface area contributed by atoms with E-state index in [4.69, 9.17) is 14.6 Å². The van der Waals surface area contributed by atoms with Gasteiger partial charge in [-0.3, -0.25) is 4.79 Å². The summed E-state index contributed by atoms with van der Waals surface area (Å²) in [5.74, 6) is -0.644. The molecule has 0 saturated carbocycles. The largest absolute Gasteiger partial charge is 0.463 e. The van der Waals surface area contributed by atoms with E-state index in [9.17, 15) is 15.0 Å². The van der Waals surface area contributed by atoms with Gasteiger partial charge in [-0.2, -0.15) is 0 Å². The third-order valence-electron chi connectivity index (χ3n) is 2.50. The van der Waals surface area contributed by atoms with Gasteiger partial charge in [-0.15, -0.1) is 0 Å². The Labute approximate surface area is 93.8 Å². The lowest BCUT2D eigenvalue weighted by molar-refractivity contribution is -0.153. The first-order valence-electron chi connectivity index (χ1n) is 5.26. The maximum absolute atomic E-state index is 11.2. The summed E-state index contributed by atoms with van der Waals surface area (Å²) in [4.78, 5) is 11.2. The molecule has 6 heteroatoms. The molecule has 94 valence electrons. The van der Waals surface area contributed by atoms with Crippen molar-refractivity contribution in [2.45, 2.75) is 38.3 Å². The molecule has 0 aliphatic carbocycles. The van der Waals surface area contributed by atoms with Crippen LogP contribution in [0.25, 0.3) is 0 Å². The lowest BCUT2D eigenvalue weighted by atomic mass is 10.1. The third kappa shape index (κ3) is 2.91. The van der Waals surface area contributed by atoms with E-state index >= 15 is 0 Å². The van der Waals surface area contributed by atoms with E-state index in [1.807, 2.05) is 0 Å². The molecule has 0 unspecified atom stereocenters. The molecule has 0 amide bonds. The Kier molecular flexibility index (Phi) is 4.67. The van der Waals surface area contributed by atoms with E-state index in [0.29, 0.717) is 0 Å². The summed E-state index contributed by atoms with van der Waals surface area (Å²) in [6, 6.07) is 0. The first-order valence-corrected chi connectivity index (χ1v) is 5.26. The Balaban J connectivity index is 2.41. The van der Waals surface area contributed by atoms with Gasteiger partial charge in [-0.25, -0.2) is 0 Å². The molecule has 0 radical (unpaired) electrons. The molecule has 6 nitrogen and oxygen atoms in total. The van der Waals surface area contributed by atoms with Crippen molar-refractivity contribution >= 4 is 5.97 Å². The van der Waals surface area contributed by atoms with Crippen molar-refractivity contribution in [3.63, 3.8) is 0 Å². The van der Waals surface area contributed by atoms with Crippen LogP contribution < -0.4 is 0 Å². The average Bonchev–Trinajstić information content (AvgIpc) is 2.52. The van der Waals surface area contributed by atoms with Crippen LogP contribution in [0.5, 0.6) is 0 Å². The fourth-order valence-corrected chi connectivity index (χ4v) is 1.45. The van der Waals surface area contributed by atoms with Crippen LogP contribution >= 0.6 is 0 Å². The predicted molar refractivity (Wildman–Crippen MR) is 53.6 cm³/mol. The monoisotopic (exact) mass is 234 g/mol. The average molecular weight is 234 g/mol. The van der Waals surface area contributed by atoms with Gasteiger partial charge in [0.15, 0.2) is 0 Å². The predicted octanol–water partition coefficient (Wildman–Crippen LogP) is -1.33. The van der Waals surface area contributed by atoms with Crippen molar-refractivity contribution in [1.82, 2.24) is 0 Å². The number of aliphatic hydroxyl groups excluding tert-OH is 3. The summed E-state index contributed by atoms with van der Waals surface area (Å²) in [5.41, 5.74) is 0. The molecule has 1 rings (SSSR count). The summed E-state index contributed by atoms with van der Waals surface area (Å²) >= 11 is 0. The van der Waals surface area contributed by atoms with E-state index in [0.717, 1.165) is 0 Å². The molecule has 0 aromatic rings. The normalized spacial score (nSPS) is 34.4. The molecule has 0 aromatic heterocycles. The van der Waals surface area contributed by atoms with Gasteiger partial charge in [0.1, 0.15) is 31.0 Å². The zero-order chi connectivity index (χ0) is 12.3. The van der Waals surface area contributed by atoms with Crippen LogP contribution in [0.15, 0.2) is 0 Å². The Morgan fingerprint density at radius 3 is 2.31 bits per heavy atom. The highest BCUT2D eigenvalue weighted by atomic mass is 16.6.